The van der Waals surface area contributed by atoms with Gasteiger partial charge < -0.3 is 0 Å². The van der Waals surface area contributed by atoms with E-state index in [2.05, 4.69) is 51.6 Å². The van der Waals surface area contributed by atoms with Gasteiger partial charge in [0.05, 0.1) is 0 Å². The van der Waals surface area contributed by atoms with E-state index >= 15 is 0 Å². The monoisotopic (exact) mass is 366 g/mol. The van der Waals surface area contributed by atoms with Gasteiger partial charge in [-0.25, -0.2) is 0 Å². The summed E-state index contributed by atoms with van der Waals surface area (Å²) in [5, 5.41) is 0. The molecule has 0 N–H and O–H groups in total. The third-order valence-corrected chi connectivity index (χ3v) is 6.15. The first-order valence-corrected chi connectivity index (χ1v) is 11.6. The minimum Gasteiger partial charge on any atom is -0.0952 e. The molecule has 1 aromatic rings. The molecule has 0 nitrogen and oxygen atoms in total. The highest BCUT2D eigenvalue weighted by Gasteiger charge is 2.16. The Balaban J connectivity index is 2.12. The quantitative estimate of drug-likeness (QED) is 0.256. The van der Waals surface area contributed by atoms with E-state index in [4.69, 9.17) is 0 Å². The van der Waals surface area contributed by atoms with Gasteiger partial charge in [0.25, 0.3) is 0 Å². The number of hydrogen-bond donors (Lipinski definition) is 0. The number of hydrogen-bond acceptors (Lipinski definition) is 0. The second-order valence-corrected chi connectivity index (χ2v) is 8.65. The first kappa shape index (κ1) is 22.0. The van der Waals surface area contributed by atoms with Crippen LogP contribution in [0.5, 0.6) is 0 Å². The van der Waals surface area contributed by atoms with Gasteiger partial charge in [-0.05, 0) is 74.1 Å². The molecule has 1 aliphatic rings. The normalized spacial score (nSPS) is 17.0. The Morgan fingerprint density at radius 1 is 1.00 bits per heavy atom. The maximum absolute atomic E-state index is 4.52. The van der Waals surface area contributed by atoms with E-state index in [1.54, 1.807) is 5.57 Å². The maximum atomic E-state index is 4.52. The Bertz CT molecular complexity index is 604. The smallest absolute Gasteiger partial charge is 0.00208 e. The van der Waals surface area contributed by atoms with E-state index in [-0.39, 0.29) is 0 Å². The highest BCUT2D eigenvalue weighted by molar-refractivity contribution is 5.67. The van der Waals surface area contributed by atoms with Gasteiger partial charge in [-0.3, -0.25) is 0 Å². The number of rotatable bonds is 12. The highest BCUT2D eigenvalue weighted by Crippen LogP contribution is 2.34. The van der Waals surface area contributed by atoms with Gasteiger partial charge in [0.15, 0.2) is 0 Å². The van der Waals surface area contributed by atoms with Crippen molar-refractivity contribution in [2.75, 3.05) is 0 Å². The topological polar surface area (TPSA) is 0 Å². The second kappa shape index (κ2) is 12.2. The van der Waals surface area contributed by atoms with E-state index in [0.717, 1.165) is 6.42 Å². The summed E-state index contributed by atoms with van der Waals surface area (Å²) in [7, 11) is 0. The molecule has 0 fully saturated rings. The Morgan fingerprint density at radius 2 is 1.74 bits per heavy atom. The molecule has 0 aromatic heterocycles. The van der Waals surface area contributed by atoms with Crippen LogP contribution in [0.25, 0.3) is 5.57 Å². The zero-order valence-corrected chi connectivity index (χ0v) is 18.3. The van der Waals surface area contributed by atoms with Crippen LogP contribution >= 0.6 is 0 Å². The summed E-state index contributed by atoms with van der Waals surface area (Å²) < 4.78 is 0. The van der Waals surface area contributed by atoms with E-state index in [0.29, 0.717) is 5.92 Å². The molecule has 0 saturated heterocycles. The third-order valence-electron chi connectivity index (χ3n) is 6.15. The van der Waals surface area contributed by atoms with Crippen LogP contribution in [0.2, 0.25) is 0 Å². The average molecular weight is 367 g/mol. The molecular weight excluding hydrogens is 324 g/mol. The third kappa shape index (κ3) is 7.32. The molecule has 1 atom stereocenters. The van der Waals surface area contributed by atoms with Crippen molar-refractivity contribution in [1.82, 2.24) is 0 Å². The first-order valence-electron chi connectivity index (χ1n) is 11.6. The Labute approximate surface area is 169 Å². The average Bonchev–Trinajstić information content (AvgIpc) is 2.68. The van der Waals surface area contributed by atoms with Crippen LogP contribution < -0.4 is 0 Å². The van der Waals surface area contributed by atoms with Gasteiger partial charge >= 0.3 is 0 Å². The van der Waals surface area contributed by atoms with Gasteiger partial charge in [-0.1, -0.05) is 88.8 Å². The molecule has 0 saturated carbocycles. The molecule has 0 spiro atoms. The summed E-state index contributed by atoms with van der Waals surface area (Å²) in [6.45, 7) is 11.4. The predicted octanol–water partition coefficient (Wildman–Crippen LogP) is 9.01. The molecule has 0 heterocycles. The molecule has 0 amide bonds. The number of aryl methyl sites for hydroxylation is 1. The Morgan fingerprint density at radius 3 is 2.48 bits per heavy atom. The van der Waals surface area contributed by atoms with Crippen molar-refractivity contribution >= 4 is 5.57 Å². The van der Waals surface area contributed by atoms with Gasteiger partial charge in [-0.2, -0.15) is 0 Å². The van der Waals surface area contributed by atoms with Crippen molar-refractivity contribution in [1.29, 1.82) is 0 Å². The van der Waals surface area contributed by atoms with Crippen molar-refractivity contribution in [3.05, 3.63) is 53.1 Å². The van der Waals surface area contributed by atoms with Crippen LogP contribution in [0.15, 0.2) is 36.4 Å². The first-order chi connectivity index (χ1) is 13.2. The largest absolute Gasteiger partial charge is 0.0952 e. The van der Waals surface area contributed by atoms with E-state index in [9.17, 15) is 0 Å². The summed E-state index contributed by atoms with van der Waals surface area (Å²) >= 11 is 0. The van der Waals surface area contributed by atoms with E-state index < -0.39 is 0 Å². The fourth-order valence-electron chi connectivity index (χ4n) is 4.39. The number of unbranched alkanes of at least 4 members (excludes halogenated alkanes) is 6. The van der Waals surface area contributed by atoms with Gasteiger partial charge in [0.1, 0.15) is 0 Å². The lowest BCUT2D eigenvalue weighted by Gasteiger charge is -2.22. The summed E-state index contributed by atoms with van der Waals surface area (Å²) in [5.41, 5.74) is 7.44. The summed E-state index contributed by atoms with van der Waals surface area (Å²) in [5.74, 6) is 0.611. The zero-order chi connectivity index (χ0) is 19.5. The molecule has 1 aliphatic carbocycles. The summed E-state index contributed by atoms with van der Waals surface area (Å²) in [6, 6.07) is 7.31. The molecule has 0 heteroatoms. The molecule has 0 radical (unpaired) electrons. The van der Waals surface area contributed by atoms with Crippen molar-refractivity contribution in [3.63, 3.8) is 0 Å². The van der Waals surface area contributed by atoms with Crippen molar-refractivity contribution < 1.29 is 0 Å². The highest BCUT2D eigenvalue weighted by atomic mass is 14.2. The molecule has 150 valence electrons. The zero-order valence-electron chi connectivity index (χ0n) is 18.3. The number of benzene rings is 1. The molecule has 27 heavy (non-hydrogen) atoms. The minimum absolute atomic E-state index is 0.611. The summed E-state index contributed by atoms with van der Waals surface area (Å²) in [6.07, 6.45) is 19.4. The molecule has 0 aliphatic heterocycles. The minimum atomic E-state index is 0.611. The molecule has 1 aromatic carbocycles. The van der Waals surface area contributed by atoms with Crippen LogP contribution in [-0.2, 0) is 6.42 Å². The van der Waals surface area contributed by atoms with Gasteiger partial charge in [0.2, 0.25) is 0 Å². The molecule has 2 rings (SSSR count). The van der Waals surface area contributed by atoms with Crippen LogP contribution in [0, 0.1) is 0 Å². The van der Waals surface area contributed by atoms with Crippen LogP contribution in [-0.4, -0.2) is 0 Å². The molecular formula is C27H42. The lowest BCUT2D eigenvalue weighted by molar-refractivity contribution is 0.632. The number of allylic oxidation sites excluding steroid dienone is 3. The SMILES string of the molecule is C=C(CCCCCCC)c1cc(C2C=C(C)CCC2)ccc1CCCCC. The fourth-order valence-corrected chi connectivity index (χ4v) is 4.39. The van der Waals surface area contributed by atoms with Crippen molar-refractivity contribution in [2.45, 2.75) is 110 Å². The predicted molar refractivity (Wildman–Crippen MR) is 122 cm³/mol. The second-order valence-electron chi connectivity index (χ2n) is 8.65. The van der Waals surface area contributed by atoms with E-state index in [1.807, 2.05) is 0 Å². The van der Waals surface area contributed by atoms with Crippen LogP contribution in [0.4, 0.5) is 0 Å². The lowest BCUT2D eigenvalue weighted by Crippen LogP contribution is -2.04. The lowest BCUT2D eigenvalue weighted by atomic mass is 9.83. The summed E-state index contributed by atoms with van der Waals surface area (Å²) in [4.78, 5) is 0. The Hall–Kier alpha value is -1.30. The van der Waals surface area contributed by atoms with Crippen LogP contribution in [0.1, 0.15) is 120 Å². The van der Waals surface area contributed by atoms with Crippen molar-refractivity contribution in [3.8, 4) is 0 Å². The Kier molecular flexibility index (Phi) is 9.95. The van der Waals surface area contributed by atoms with Crippen LogP contribution in [0.3, 0.4) is 0 Å². The molecule has 1 unspecified atom stereocenters. The van der Waals surface area contributed by atoms with Crippen molar-refractivity contribution in [2.24, 2.45) is 0 Å². The fraction of sp³-hybridized carbons (Fsp3) is 0.630. The van der Waals surface area contributed by atoms with E-state index in [1.165, 1.54) is 99.3 Å². The standard InChI is InChI=1S/C27H42/c1-5-7-9-10-12-15-23(4)27-21-26(25-17-13-14-22(3)20-25)19-18-24(27)16-11-8-6-2/h18-21,25H,4-17H2,1-3H3. The van der Waals surface area contributed by atoms with Gasteiger partial charge in [-0.15, -0.1) is 0 Å². The van der Waals surface area contributed by atoms with Gasteiger partial charge in [0, 0.05) is 5.92 Å². The maximum Gasteiger partial charge on any atom is 0.00208 e. The molecule has 0 bridgehead atoms.